The molecule has 1 aliphatic heterocycles. The number of amides is 2. The Morgan fingerprint density at radius 2 is 1.80 bits per heavy atom. The van der Waals surface area contributed by atoms with Gasteiger partial charge in [0.05, 0.1) is 29.2 Å². The lowest BCUT2D eigenvalue weighted by Crippen LogP contribution is -2.22. The number of nitrogens with zero attached hydrogens (tertiary/aromatic N) is 5. The fourth-order valence-corrected chi connectivity index (χ4v) is 5.03. The smallest absolute Gasteiger partial charge is 0.259 e. The van der Waals surface area contributed by atoms with E-state index in [2.05, 4.69) is 15.4 Å². The maximum atomic E-state index is 13.1. The molecule has 0 atom stereocenters. The number of nitrogens with one attached hydrogen (secondary N) is 1. The van der Waals surface area contributed by atoms with Crippen LogP contribution in [-0.2, 0) is 29.7 Å². The first-order chi connectivity index (χ1) is 17.0. The standard InChI is InChI=1S/C26H21ClN6O2/c1-31-14-20(18-12-16(27)6-7-21(18)31)24-23(25(34)30-26(24)35)17-4-2-5-22-19(17)13-29-33(22)10-3-9-32-11-8-28-15-32/h2,4-8,11-15H,3,9-10H2,1H3,(H,30,34,35). The minimum Gasteiger partial charge on any atom is -0.350 e. The normalized spacial score (nSPS) is 14.0. The molecule has 6 rings (SSSR count). The number of imidazole rings is 1. The van der Waals surface area contributed by atoms with Gasteiger partial charge >= 0.3 is 0 Å². The fourth-order valence-electron chi connectivity index (χ4n) is 4.85. The number of hydrogen-bond acceptors (Lipinski definition) is 4. The molecule has 9 heteroatoms. The van der Waals surface area contributed by atoms with E-state index in [1.807, 2.05) is 69.7 Å². The molecule has 174 valence electrons. The van der Waals surface area contributed by atoms with E-state index in [0.717, 1.165) is 34.8 Å². The topological polar surface area (TPSA) is 86.7 Å². The first-order valence-corrected chi connectivity index (χ1v) is 11.6. The Balaban J connectivity index is 1.46. The van der Waals surface area contributed by atoms with Crippen LogP contribution in [0.25, 0.3) is 33.0 Å². The highest BCUT2D eigenvalue weighted by Gasteiger charge is 2.34. The molecule has 0 bridgehead atoms. The number of halogens is 1. The van der Waals surface area contributed by atoms with Gasteiger partial charge in [-0.15, -0.1) is 0 Å². The summed E-state index contributed by atoms with van der Waals surface area (Å²) < 4.78 is 5.89. The van der Waals surface area contributed by atoms with Crippen LogP contribution >= 0.6 is 11.6 Å². The second-order valence-electron chi connectivity index (χ2n) is 8.61. The molecule has 8 nitrogen and oxygen atoms in total. The summed E-state index contributed by atoms with van der Waals surface area (Å²) in [5, 5.41) is 9.29. The van der Waals surface area contributed by atoms with Gasteiger partial charge in [0.1, 0.15) is 0 Å². The summed E-state index contributed by atoms with van der Waals surface area (Å²) in [5.74, 6) is -0.827. The number of rotatable bonds is 6. The maximum absolute atomic E-state index is 13.1. The monoisotopic (exact) mass is 484 g/mol. The number of carbonyl (C=O) groups is 2. The predicted octanol–water partition coefficient (Wildman–Crippen LogP) is 4.04. The lowest BCUT2D eigenvalue weighted by molar-refractivity contribution is -0.122. The van der Waals surface area contributed by atoms with E-state index in [0.29, 0.717) is 33.8 Å². The Morgan fingerprint density at radius 1 is 0.971 bits per heavy atom. The molecular formula is C26H21ClN6O2. The van der Waals surface area contributed by atoms with Gasteiger partial charge in [-0.3, -0.25) is 19.6 Å². The molecule has 0 fully saturated rings. The number of benzene rings is 2. The summed E-state index contributed by atoms with van der Waals surface area (Å²) in [5.41, 5.74) is 3.89. The molecule has 0 saturated carbocycles. The zero-order valence-electron chi connectivity index (χ0n) is 18.9. The molecule has 0 aliphatic carbocycles. The summed E-state index contributed by atoms with van der Waals surface area (Å²) in [6.45, 7) is 1.54. The van der Waals surface area contributed by atoms with Gasteiger partial charge in [0.2, 0.25) is 0 Å². The highest BCUT2D eigenvalue weighted by molar-refractivity contribution is 6.50. The van der Waals surface area contributed by atoms with Crippen molar-refractivity contribution < 1.29 is 9.59 Å². The largest absolute Gasteiger partial charge is 0.350 e. The van der Waals surface area contributed by atoms with Crippen molar-refractivity contribution in [1.29, 1.82) is 0 Å². The molecule has 5 aromatic rings. The summed E-state index contributed by atoms with van der Waals surface area (Å²) in [4.78, 5) is 30.2. The van der Waals surface area contributed by atoms with E-state index in [1.54, 1.807) is 18.7 Å². The SMILES string of the molecule is Cn1cc(C2=C(c3cccc4c3cnn4CCCn3ccnc3)C(=O)NC2=O)c2cc(Cl)ccc21. The van der Waals surface area contributed by atoms with Crippen molar-refractivity contribution in [2.24, 2.45) is 7.05 Å². The fraction of sp³-hybridized carbons (Fsp3) is 0.154. The van der Waals surface area contributed by atoms with Crippen LogP contribution in [0.5, 0.6) is 0 Å². The molecular weight excluding hydrogens is 464 g/mol. The zero-order valence-corrected chi connectivity index (χ0v) is 19.7. The van der Waals surface area contributed by atoms with Crippen LogP contribution in [0.2, 0.25) is 5.02 Å². The quantitative estimate of drug-likeness (QED) is 0.368. The summed E-state index contributed by atoms with van der Waals surface area (Å²) in [6.07, 6.45) is 10.0. The molecule has 4 heterocycles. The molecule has 2 amide bonds. The van der Waals surface area contributed by atoms with Crippen LogP contribution in [-0.4, -0.2) is 35.7 Å². The molecule has 0 saturated heterocycles. The minimum atomic E-state index is -0.415. The van der Waals surface area contributed by atoms with Crippen molar-refractivity contribution in [3.63, 3.8) is 0 Å². The van der Waals surface area contributed by atoms with Gasteiger partial charge in [-0.05, 0) is 36.2 Å². The Bertz CT molecular complexity index is 1660. The van der Waals surface area contributed by atoms with E-state index < -0.39 is 11.8 Å². The molecule has 35 heavy (non-hydrogen) atoms. The lowest BCUT2D eigenvalue weighted by atomic mass is 9.94. The van der Waals surface area contributed by atoms with Gasteiger partial charge < -0.3 is 9.13 Å². The van der Waals surface area contributed by atoms with Crippen LogP contribution in [0, 0.1) is 0 Å². The van der Waals surface area contributed by atoms with Crippen LogP contribution < -0.4 is 5.32 Å². The number of imide groups is 1. The van der Waals surface area contributed by atoms with Crippen LogP contribution in [0.1, 0.15) is 17.5 Å². The first kappa shape index (κ1) is 21.4. The van der Waals surface area contributed by atoms with Crippen molar-refractivity contribution >= 4 is 56.4 Å². The van der Waals surface area contributed by atoms with Crippen molar-refractivity contribution in [3.05, 3.63) is 83.7 Å². The summed E-state index contributed by atoms with van der Waals surface area (Å²) in [6, 6.07) is 11.3. The third-order valence-electron chi connectivity index (χ3n) is 6.45. The van der Waals surface area contributed by atoms with E-state index >= 15 is 0 Å². The molecule has 0 unspecified atom stereocenters. The van der Waals surface area contributed by atoms with Crippen LogP contribution in [0.3, 0.4) is 0 Å². The highest BCUT2D eigenvalue weighted by atomic mass is 35.5. The van der Waals surface area contributed by atoms with Crippen LogP contribution in [0.4, 0.5) is 0 Å². The van der Waals surface area contributed by atoms with E-state index in [4.69, 9.17) is 11.6 Å². The predicted molar refractivity (Wildman–Crippen MR) is 134 cm³/mol. The summed E-state index contributed by atoms with van der Waals surface area (Å²) in [7, 11) is 1.91. The van der Waals surface area contributed by atoms with E-state index in [9.17, 15) is 9.59 Å². The Morgan fingerprint density at radius 3 is 2.60 bits per heavy atom. The van der Waals surface area contributed by atoms with Gasteiger partial charge in [0.25, 0.3) is 11.8 Å². The van der Waals surface area contributed by atoms with Crippen LogP contribution in [0.15, 0.2) is 67.5 Å². The average Bonchev–Trinajstić information content (AvgIpc) is 3.61. The molecule has 0 radical (unpaired) electrons. The van der Waals surface area contributed by atoms with Crippen molar-refractivity contribution in [3.8, 4) is 0 Å². The lowest BCUT2D eigenvalue weighted by Gasteiger charge is -2.08. The first-order valence-electron chi connectivity index (χ1n) is 11.3. The van der Waals surface area contributed by atoms with Gasteiger partial charge in [0.15, 0.2) is 0 Å². The Hall–Kier alpha value is -4.17. The third kappa shape index (κ3) is 3.54. The number of carbonyl (C=O) groups excluding carboxylic acids is 2. The molecule has 0 spiro atoms. The average molecular weight is 485 g/mol. The second-order valence-corrected chi connectivity index (χ2v) is 9.04. The second kappa shape index (κ2) is 8.25. The van der Waals surface area contributed by atoms with E-state index in [1.165, 1.54) is 0 Å². The van der Waals surface area contributed by atoms with Gasteiger partial charge in [-0.1, -0.05) is 23.7 Å². The number of hydrogen-bond donors (Lipinski definition) is 1. The molecule has 3 aromatic heterocycles. The molecule has 1 aliphatic rings. The summed E-state index contributed by atoms with van der Waals surface area (Å²) >= 11 is 6.27. The van der Waals surface area contributed by atoms with Gasteiger partial charge in [0, 0.05) is 65.6 Å². The zero-order chi connectivity index (χ0) is 24.1. The number of fused-ring (bicyclic) bond motifs is 2. The van der Waals surface area contributed by atoms with Gasteiger partial charge in [-0.2, -0.15) is 5.10 Å². The van der Waals surface area contributed by atoms with Crippen molar-refractivity contribution in [1.82, 2.24) is 29.2 Å². The van der Waals surface area contributed by atoms with E-state index in [-0.39, 0.29) is 0 Å². The molecule has 1 N–H and O–H groups in total. The molecule has 2 aromatic carbocycles. The Labute approximate surface area is 205 Å². The maximum Gasteiger partial charge on any atom is 0.259 e. The third-order valence-corrected chi connectivity index (χ3v) is 6.69. The van der Waals surface area contributed by atoms with Crippen molar-refractivity contribution in [2.75, 3.05) is 0 Å². The Kier molecular flexibility index (Phi) is 5.04. The number of aromatic nitrogens is 5. The number of aryl methyl sites for hydroxylation is 3. The van der Waals surface area contributed by atoms with Gasteiger partial charge in [-0.25, -0.2) is 4.98 Å². The highest BCUT2D eigenvalue weighted by Crippen LogP contribution is 2.38. The minimum absolute atomic E-state index is 0.350. The van der Waals surface area contributed by atoms with Crippen molar-refractivity contribution in [2.45, 2.75) is 19.5 Å².